The summed E-state index contributed by atoms with van der Waals surface area (Å²) in [6, 6.07) is 11.7. The first kappa shape index (κ1) is 25.0. The Balaban J connectivity index is 1.58. The van der Waals surface area contributed by atoms with E-state index in [1.54, 1.807) is 6.07 Å². The molecule has 0 fully saturated rings. The molecule has 4 aromatic rings. The summed E-state index contributed by atoms with van der Waals surface area (Å²) in [4.78, 5) is 19.7. The van der Waals surface area contributed by atoms with Crippen LogP contribution >= 0.6 is 0 Å². The van der Waals surface area contributed by atoms with Crippen molar-refractivity contribution in [2.75, 3.05) is 26.0 Å². The van der Waals surface area contributed by atoms with Crippen LogP contribution in [0.25, 0.3) is 22.4 Å². The van der Waals surface area contributed by atoms with E-state index in [-0.39, 0.29) is 29.1 Å². The molecule has 192 valence electrons. The Morgan fingerprint density at radius 2 is 1.89 bits per heavy atom. The minimum atomic E-state index is -4.56. The number of fused-ring (bicyclic) bond motifs is 2. The smallest absolute Gasteiger partial charge is 0.377 e. The normalized spacial score (nSPS) is 15.5. The van der Waals surface area contributed by atoms with E-state index in [9.17, 15) is 13.2 Å². The molecule has 0 atom stereocenters. The van der Waals surface area contributed by atoms with Gasteiger partial charge >= 0.3 is 6.18 Å². The molecule has 10 heteroatoms. The first-order valence-corrected chi connectivity index (χ1v) is 11.8. The van der Waals surface area contributed by atoms with Crippen LogP contribution in [0, 0.1) is 0 Å². The number of halogens is 3. The van der Waals surface area contributed by atoms with E-state index < -0.39 is 11.7 Å². The van der Waals surface area contributed by atoms with Crippen LogP contribution in [-0.4, -0.2) is 45.5 Å². The average molecular weight is 509 g/mol. The highest BCUT2D eigenvalue weighted by Crippen LogP contribution is 2.37. The molecule has 0 unspecified atom stereocenters. The van der Waals surface area contributed by atoms with Crippen molar-refractivity contribution in [1.82, 2.24) is 24.8 Å². The molecule has 5 rings (SSSR count). The summed E-state index contributed by atoms with van der Waals surface area (Å²) in [5, 5.41) is 3.94. The summed E-state index contributed by atoms with van der Waals surface area (Å²) in [6.45, 7) is 6.41. The maximum atomic E-state index is 13.6. The van der Waals surface area contributed by atoms with Gasteiger partial charge in [-0.25, -0.2) is 15.0 Å². The lowest BCUT2D eigenvalue weighted by molar-refractivity contribution is -0.137. The third-order valence-corrected chi connectivity index (χ3v) is 6.44. The predicted octanol–water partition coefficient (Wildman–Crippen LogP) is 5.72. The number of nitrogens with zero attached hydrogens (tertiary/aromatic N) is 5. The van der Waals surface area contributed by atoms with E-state index in [1.165, 1.54) is 36.6 Å². The number of ether oxygens (including phenoxy) is 1. The number of alkyl halides is 3. The monoisotopic (exact) mass is 508 g/mol. The number of likely N-dealkylation sites (N-methyl/N-ethyl adjacent to an activating group) is 1. The minimum absolute atomic E-state index is 0.0369. The van der Waals surface area contributed by atoms with Crippen LogP contribution in [0.5, 0.6) is 0 Å². The van der Waals surface area contributed by atoms with Crippen LogP contribution < -0.4 is 5.32 Å². The van der Waals surface area contributed by atoms with Gasteiger partial charge in [0.2, 0.25) is 0 Å². The first-order valence-electron chi connectivity index (χ1n) is 11.8. The van der Waals surface area contributed by atoms with Crippen molar-refractivity contribution in [1.29, 1.82) is 0 Å². The van der Waals surface area contributed by atoms with Gasteiger partial charge in [-0.1, -0.05) is 19.9 Å². The van der Waals surface area contributed by atoms with Gasteiger partial charge in [0, 0.05) is 37.5 Å². The van der Waals surface area contributed by atoms with E-state index in [4.69, 9.17) is 4.74 Å². The van der Waals surface area contributed by atoms with Crippen LogP contribution in [0.3, 0.4) is 0 Å². The number of rotatable bonds is 5. The topological polar surface area (TPSA) is 76.1 Å². The third-order valence-electron chi connectivity index (χ3n) is 6.44. The highest BCUT2D eigenvalue weighted by molar-refractivity contribution is 5.90. The second kappa shape index (κ2) is 9.35. The van der Waals surface area contributed by atoms with E-state index in [0.717, 1.165) is 24.8 Å². The van der Waals surface area contributed by atoms with Gasteiger partial charge in [0.15, 0.2) is 11.5 Å². The molecule has 7 nitrogen and oxygen atoms in total. The molecule has 3 aromatic heterocycles. The molecular weight excluding hydrogens is 481 g/mol. The van der Waals surface area contributed by atoms with E-state index in [0.29, 0.717) is 17.0 Å². The van der Waals surface area contributed by atoms with Gasteiger partial charge in [-0.05, 0) is 54.6 Å². The van der Waals surface area contributed by atoms with Crippen molar-refractivity contribution in [3.63, 3.8) is 0 Å². The summed E-state index contributed by atoms with van der Waals surface area (Å²) in [6.07, 6.45) is -3.25. The molecule has 37 heavy (non-hydrogen) atoms. The summed E-state index contributed by atoms with van der Waals surface area (Å²) < 4.78 is 46.0. The quantitative estimate of drug-likeness (QED) is 0.370. The predicted molar refractivity (Wildman–Crippen MR) is 135 cm³/mol. The molecule has 0 amide bonds. The lowest BCUT2D eigenvalue weighted by Gasteiger charge is -2.38. The second-order valence-electron chi connectivity index (χ2n) is 9.94. The second-order valence-corrected chi connectivity index (χ2v) is 9.94. The molecule has 0 radical (unpaired) electrons. The number of hydrogen-bond acceptors (Lipinski definition) is 7. The maximum Gasteiger partial charge on any atom is 0.418 e. The Hall–Kier alpha value is -3.63. The molecule has 0 aliphatic carbocycles. The van der Waals surface area contributed by atoms with Crippen molar-refractivity contribution in [2.45, 2.75) is 38.6 Å². The van der Waals surface area contributed by atoms with E-state index >= 15 is 0 Å². The Morgan fingerprint density at radius 1 is 1.08 bits per heavy atom. The number of anilines is 2. The van der Waals surface area contributed by atoms with Crippen molar-refractivity contribution in [2.24, 2.45) is 0 Å². The van der Waals surface area contributed by atoms with Gasteiger partial charge in [-0.3, -0.25) is 4.98 Å². The number of hydrogen-bond donors (Lipinski definition) is 1. The van der Waals surface area contributed by atoms with Crippen LogP contribution in [0.15, 0.2) is 48.7 Å². The Morgan fingerprint density at radius 3 is 2.65 bits per heavy atom. The molecule has 0 saturated heterocycles. The molecule has 0 saturated carbocycles. The Kier molecular flexibility index (Phi) is 6.33. The lowest BCUT2D eigenvalue weighted by atomic mass is 9.78. The lowest BCUT2D eigenvalue weighted by Crippen LogP contribution is -2.39. The third kappa shape index (κ3) is 4.99. The largest absolute Gasteiger partial charge is 0.418 e. The number of methoxy groups -OCH3 is 1. The molecule has 1 aliphatic heterocycles. The van der Waals surface area contributed by atoms with Gasteiger partial charge in [0.05, 0.1) is 16.6 Å². The van der Waals surface area contributed by atoms with Gasteiger partial charge < -0.3 is 15.0 Å². The molecule has 1 aromatic carbocycles. The van der Waals surface area contributed by atoms with Crippen LogP contribution in [0.2, 0.25) is 0 Å². The van der Waals surface area contributed by atoms with Crippen LogP contribution in [-0.2, 0) is 29.5 Å². The minimum Gasteiger partial charge on any atom is -0.377 e. The highest BCUT2D eigenvalue weighted by atomic mass is 19.4. The zero-order valence-corrected chi connectivity index (χ0v) is 21.0. The number of nitrogens with one attached hydrogen (secondary N) is 1. The Bertz CT molecular complexity index is 1470. The zero-order chi connectivity index (χ0) is 26.4. The fourth-order valence-corrected chi connectivity index (χ4v) is 5.02. The Labute approximate surface area is 212 Å². The molecule has 0 bridgehead atoms. The fraction of sp³-hybridized carbons (Fsp3) is 0.333. The highest BCUT2D eigenvalue weighted by Gasteiger charge is 2.35. The molecule has 1 N–H and O–H groups in total. The number of aromatic nitrogens is 4. The fourth-order valence-electron chi connectivity index (χ4n) is 5.02. The van der Waals surface area contributed by atoms with Gasteiger partial charge in [-0.2, -0.15) is 13.2 Å². The van der Waals surface area contributed by atoms with E-state index in [2.05, 4.69) is 63.2 Å². The average Bonchev–Trinajstić information content (AvgIpc) is 2.82. The molecule has 0 spiro atoms. The van der Waals surface area contributed by atoms with Crippen LogP contribution in [0.1, 0.15) is 36.4 Å². The van der Waals surface area contributed by atoms with Crippen molar-refractivity contribution >= 4 is 22.5 Å². The summed E-state index contributed by atoms with van der Waals surface area (Å²) >= 11 is 0. The first-order chi connectivity index (χ1) is 17.5. The van der Waals surface area contributed by atoms with Crippen LogP contribution in [0.4, 0.5) is 24.7 Å². The molecule has 4 heterocycles. The van der Waals surface area contributed by atoms with Gasteiger partial charge in [-0.15, -0.1) is 0 Å². The number of pyridine rings is 2. The van der Waals surface area contributed by atoms with E-state index in [1.807, 2.05) is 6.07 Å². The summed E-state index contributed by atoms with van der Waals surface area (Å²) in [5.41, 5.74) is 2.65. The van der Waals surface area contributed by atoms with Gasteiger partial charge in [0.25, 0.3) is 0 Å². The maximum absolute atomic E-state index is 13.6. The van der Waals surface area contributed by atoms with Crippen molar-refractivity contribution in [3.8, 4) is 11.4 Å². The molecular formula is C27H27F3N6O. The zero-order valence-electron chi connectivity index (χ0n) is 21.0. The molecule has 1 aliphatic rings. The van der Waals surface area contributed by atoms with Crippen molar-refractivity contribution in [3.05, 3.63) is 71.2 Å². The SMILES string of the molecule is COCc1nc(Nc2ccc3c(c2)CN(C)CC3(C)C)c2ccc(-c3ncccc3C(F)(F)F)nc2n1. The number of benzene rings is 1. The summed E-state index contributed by atoms with van der Waals surface area (Å²) in [7, 11) is 3.63. The van der Waals surface area contributed by atoms with Gasteiger partial charge in [0.1, 0.15) is 18.1 Å². The standard InChI is InChI=1S/C27H27F3N6O/c1-26(2)15-36(3)13-16-12-17(7-9-19(16)26)32-24-18-8-10-21(33-25(18)35-22(34-24)14-37-4)23-20(27(28,29)30)6-5-11-31-23/h5-12H,13-15H2,1-4H3,(H,32,33,34,35). The summed E-state index contributed by atoms with van der Waals surface area (Å²) in [5.74, 6) is 0.856. The van der Waals surface area contributed by atoms with Crippen molar-refractivity contribution < 1.29 is 17.9 Å².